The van der Waals surface area contributed by atoms with Gasteiger partial charge in [-0.2, -0.15) is 0 Å². The molecule has 156 valence electrons. The molecule has 0 N–H and O–H groups in total. The molecular formula is C23H29ClN2O3. The highest BCUT2D eigenvalue weighted by Crippen LogP contribution is 2.21. The number of nitrogens with zero attached hydrogens (tertiary/aromatic N) is 2. The van der Waals surface area contributed by atoms with Crippen LogP contribution in [0.4, 0.5) is 0 Å². The fourth-order valence-electron chi connectivity index (χ4n) is 4.10. The summed E-state index contributed by atoms with van der Waals surface area (Å²) < 4.78 is 7.05. The van der Waals surface area contributed by atoms with E-state index in [1.807, 2.05) is 44.2 Å². The van der Waals surface area contributed by atoms with Gasteiger partial charge in [0.15, 0.2) is 5.78 Å². The second-order valence-electron chi connectivity index (χ2n) is 7.81. The van der Waals surface area contributed by atoms with Crippen LogP contribution in [0.15, 0.2) is 30.3 Å². The quantitative estimate of drug-likeness (QED) is 0.504. The van der Waals surface area contributed by atoms with Crippen molar-refractivity contribution < 1.29 is 14.3 Å². The summed E-state index contributed by atoms with van der Waals surface area (Å²) in [5, 5.41) is 0.741. The zero-order valence-electron chi connectivity index (χ0n) is 17.4. The van der Waals surface area contributed by atoms with Crippen LogP contribution in [0.25, 0.3) is 0 Å². The van der Waals surface area contributed by atoms with Crippen molar-refractivity contribution in [1.82, 2.24) is 9.47 Å². The topological polar surface area (TPSA) is 51.5 Å². The molecule has 1 aliphatic heterocycles. The third-order valence-corrected chi connectivity index (χ3v) is 6.15. The number of carbonyl (C=O) groups is 2. The minimum Gasteiger partial charge on any atom is -0.469 e. The Morgan fingerprint density at radius 3 is 2.41 bits per heavy atom. The van der Waals surface area contributed by atoms with E-state index in [0.29, 0.717) is 6.54 Å². The number of ether oxygens (including phenoxy) is 1. The van der Waals surface area contributed by atoms with E-state index in [2.05, 4.69) is 9.47 Å². The Labute approximate surface area is 177 Å². The Morgan fingerprint density at radius 1 is 1.14 bits per heavy atom. The van der Waals surface area contributed by atoms with Crippen LogP contribution in [0, 0.1) is 19.8 Å². The number of likely N-dealkylation sites (tertiary alicyclic amines) is 1. The molecule has 0 spiro atoms. The van der Waals surface area contributed by atoms with Crippen molar-refractivity contribution in [3.05, 3.63) is 57.9 Å². The standard InChI is InChI=1S/C23H29ClN2O3/c1-16-14-21(17(2)26(16)13-8-18-4-6-20(24)7-5-18)22(27)15-25-11-9-19(10-12-25)23(28)29-3/h4-7,14,19H,8-13,15H2,1-3H3. The minimum absolute atomic E-state index is 0.0377. The second-order valence-corrected chi connectivity index (χ2v) is 8.25. The number of aromatic nitrogens is 1. The zero-order valence-corrected chi connectivity index (χ0v) is 18.2. The van der Waals surface area contributed by atoms with E-state index >= 15 is 0 Å². The predicted molar refractivity (Wildman–Crippen MR) is 115 cm³/mol. The maximum atomic E-state index is 12.9. The summed E-state index contributed by atoms with van der Waals surface area (Å²) in [4.78, 5) is 26.7. The first kappa shape index (κ1) is 21.6. The van der Waals surface area contributed by atoms with E-state index < -0.39 is 0 Å². The predicted octanol–water partition coefficient (Wildman–Crippen LogP) is 4.07. The van der Waals surface area contributed by atoms with Gasteiger partial charge in [-0.05, 0) is 70.0 Å². The highest BCUT2D eigenvalue weighted by Gasteiger charge is 2.27. The van der Waals surface area contributed by atoms with Gasteiger partial charge in [-0.3, -0.25) is 14.5 Å². The molecular weight excluding hydrogens is 388 g/mol. The molecule has 1 saturated heterocycles. The van der Waals surface area contributed by atoms with Gasteiger partial charge in [-0.1, -0.05) is 23.7 Å². The fraction of sp³-hybridized carbons (Fsp3) is 0.478. The molecule has 1 aromatic carbocycles. The average Bonchev–Trinajstić information content (AvgIpc) is 3.01. The smallest absolute Gasteiger partial charge is 0.308 e. The molecule has 0 amide bonds. The van der Waals surface area contributed by atoms with Gasteiger partial charge in [0.2, 0.25) is 0 Å². The summed E-state index contributed by atoms with van der Waals surface area (Å²) >= 11 is 5.96. The normalized spacial score (nSPS) is 15.4. The largest absolute Gasteiger partial charge is 0.469 e. The fourth-order valence-corrected chi connectivity index (χ4v) is 4.23. The molecule has 2 aromatic rings. The Kier molecular flexibility index (Phi) is 7.14. The second kappa shape index (κ2) is 9.59. The average molecular weight is 417 g/mol. The summed E-state index contributed by atoms with van der Waals surface area (Å²) in [7, 11) is 1.43. The molecule has 0 bridgehead atoms. The van der Waals surface area contributed by atoms with Crippen LogP contribution < -0.4 is 0 Å². The van der Waals surface area contributed by atoms with Gasteiger partial charge in [0, 0.05) is 28.5 Å². The van der Waals surface area contributed by atoms with Crippen LogP contribution in [0.3, 0.4) is 0 Å². The van der Waals surface area contributed by atoms with E-state index in [-0.39, 0.29) is 17.7 Å². The van der Waals surface area contributed by atoms with Crippen molar-refractivity contribution in [2.75, 3.05) is 26.7 Å². The summed E-state index contributed by atoms with van der Waals surface area (Å²) in [6, 6.07) is 9.90. The number of methoxy groups -OCH3 is 1. The number of aryl methyl sites for hydroxylation is 2. The monoisotopic (exact) mass is 416 g/mol. The maximum absolute atomic E-state index is 12.9. The van der Waals surface area contributed by atoms with E-state index in [0.717, 1.165) is 60.9 Å². The number of ketones is 1. The molecule has 1 fully saturated rings. The van der Waals surface area contributed by atoms with Gasteiger partial charge >= 0.3 is 5.97 Å². The third-order valence-electron chi connectivity index (χ3n) is 5.90. The van der Waals surface area contributed by atoms with Crippen molar-refractivity contribution in [3.63, 3.8) is 0 Å². The van der Waals surface area contributed by atoms with Crippen molar-refractivity contribution in [3.8, 4) is 0 Å². The lowest BCUT2D eigenvalue weighted by Crippen LogP contribution is -2.39. The summed E-state index contributed by atoms with van der Waals surface area (Å²) in [6.45, 7) is 6.80. The number of hydrogen-bond acceptors (Lipinski definition) is 4. The summed E-state index contributed by atoms with van der Waals surface area (Å²) in [6.07, 6.45) is 2.39. The van der Waals surface area contributed by atoms with Crippen molar-refractivity contribution in [2.45, 2.75) is 39.7 Å². The molecule has 1 aliphatic rings. The molecule has 0 radical (unpaired) electrons. The van der Waals surface area contributed by atoms with E-state index in [1.165, 1.54) is 12.7 Å². The number of benzene rings is 1. The van der Waals surface area contributed by atoms with Crippen molar-refractivity contribution in [1.29, 1.82) is 0 Å². The van der Waals surface area contributed by atoms with Crippen molar-refractivity contribution in [2.24, 2.45) is 5.92 Å². The molecule has 29 heavy (non-hydrogen) atoms. The van der Waals surface area contributed by atoms with Gasteiger partial charge in [0.05, 0.1) is 19.6 Å². The molecule has 0 atom stereocenters. The molecule has 1 aromatic heterocycles. The Hall–Kier alpha value is -2.11. The number of piperidine rings is 1. The van der Waals surface area contributed by atoms with E-state index in [4.69, 9.17) is 16.3 Å². The van der Waals surface area contributed by atoms with Crippen LogP contribution >= 0.6 is 11.6 Å². The molecule has 2 heterocycles. The molecule has 3 rings (SSSR count). The highest BCUT2D eigenvalue weighted by atomic mass is 35.5. The molecule has 5 nitrogen and oxygen atoms in total. The number of esters is 1. The van der Waals surface area contributed by atoms with Gasteiger partial charge in [0.1, 0.15) is 0 Å². The Balaban J connectivity index is 1.59. The first-order chi connectivity index (χ1) is 13.9. The molecule has 6 heteroatoms. The maximum Gasteiger partial charge on any atom is 0.308 e. The summed E-state index contributed by atoms with van der Waals surface area (Å²) in [5.74, 6) is -0.0307. The van der Waals surface area contributed by atoms with Crippen molar-refractivity contribution >= 4 is 23.4 Å². The van der Waals surface area contributed by atoms with Crippen LogP contribution in [-0.2, 0) is 22.5 Å². The van der Waals surface area contributed by atoms with Crippen LogP contribution in [0.2, 0.25) is 5.02 Å². The minimum atomic E-state index is -0.139. The third kappa shape index (κ3) is 5.28. The zero-order chi connectivity index (χ0) is 21.0. The van der Waals surface area contributed by atoms with Gasteiger partial charge < -0.3 is 9.30 Å². The Morgan fingerprint density at radius 2 is 1.79 bits per heavy atom. The number of hydrogen-bond donors (Lipinski definition) is 0. The van der Waals surface area contributed by atoms with E-state index in [1.54, 1.807) is 0 Å². The van der Waals surface area contributed by atoms with Crippen LogP contribution in [-0.4, -0.2) is 48.0 Å². The Bertz CT molecular complexity index is 865. The first-order valence-corrected chi connectivity index (χ1v) is 10.5. The van der Waals surface area contributed by atoms with Gasteiger partial charge in [0.25, 0.3) is 0 Å². The number of halogens is 1. The van der Waals surface area contributed by atoms with E-state index in [9.17, 15) is 9.59 Å². The SMILES string of the molecule is COC(=O)C1CCN(CC(=O)c2cc(C)n(CCc3ccc(Cl)cc3)c2C)CC1. The van der Waals surface area contributed by atoms with Gasteiger partial charge in [-0.25, -0.2) is 0 Å². The molecule has 0 unspecified atom stereocenters. The lowest BCUT2D eigenvalue weighted by atomic mass is 9.96. The lowest BCUT2D eigenvalue weighted by molar-refractivity contribution is -0.146. The van der Waals surface area contributed by atoms with Crippen LogP contribution in [0.5, 0.6) is 0 Å². The summed E-state index contributed by atoms with van der Waals surface area (Å²) in [5.41, 5.74) is 4.15. The number of Topliss-reactive ketones (excluding diaryl/α,β-unsaturated/α-hetero) is 1. The molecule has 0 saturated carbocycles. The first-order valence-electron chi connectivity index (χ1n) is 10.1. The number of carbonyl (C=O) groups excluding carboxylic acids is 2. The highest BCUT2D eigenvalue weighted by molar-refractivity contribution is 6.30. The van der Waals surface area contributed by atoms with Crippen LogP contribution in [0.1, 0.15) is 40.2 Å². The number of rotatable bonds is 7. The van der Waals surface area contributed by atoms with Gasteiger partial charge in [-0.15, -0.1) is 0 Å². The molecule has 0 aliphatic carbocycles. The lowest BCUT2D eigenvalue weighted by Gasteiger charge is -2.29.